The Hall–Kier alpha value is -2.21. The van der Waals surface area contributed by atoms with Crippen molar-refractivity contribution in [2.45, 2.75) is 6.42 Å². The SMILES string of the molecule is O=C(COC(=O)c1ccccc1F)NCCc1cccs1. The van der Waals surface area contributed by atoms with Crippen LogP contribution in [0.2, 0.25) is 0 Å². The molecule has 0 aliphatic rings. The summed E-state index contributed by atoms with van der Waals surface area (Å²) < 4.78 is 18.1. The molecule has 0 fully saturated rings. The molecule has 4 nitrogen and oxygen atoms in total. The number of halogens is 1. The van der Waals surface area contributed by atoms with Crippen LogP contribution in [-0.4, -0.2) is 25.0 Å². The topological polar surface area (TPSA) is 55.4 Å². The van der Waals surface area contributed by atoms with Crippen molar-refractivity contribution >= 4 is 23.2 Å². The van der Waals surface area contributed by atoms with Gasteiger partial charge >= 0.3 is 5.97 Å². The zero-order valence-corrected chi connectivity index (χ0v) is 12.0. The summed E-state index contributed by atoms with van der Waals surface area (Å²) in [6, 6.07) is 9.40. The van der Waals surface area contributed by atoms with Gasteiger partial charge in [0.25, 0.3) is 5.91 Å². The highest BCUT2D eigenvalue weighted by molar-refractivity contribution is 7.09. The summed E-state index contributed by atoms with van der Waals surface area (Å²) in [7, 11) is 0. The van der Waals surface area contributed by atoms with Gasteiger partial charge in [-0.25, -0.2) is 9.18 Å². The molecular weight excluding hydrogens is 293 g/mol. The molecule has 0 bridgehead atoms. The van der Waals surface area contributed by atoms with Crippen LogP contribution >= 0.6 is 11.3 Å². The third kappa shape index (κ3) is 4.68. The average Bonchev–Trinajstić information content (AvgIpc) is 2.98. The number of ether oxygens (including phenoxy) is 1. The van der Waals surface area contributed by atoms with E-state index in [9.17, 15) is 14.0 Å². The summed E-state index contributed by atoms with van der Waals surface area (Å²) in [6.45, 7) is 0.0498. The first-order valence-electron chi connectivity index (χ1n) is 6.37. The van der Waals surface area contributed by atoms with Gasteiger partial charge in [0.05, 0.1) is 5.56 Å². The first-order chi connectivity index (χ1) is 10.2. The van der Waals surface area contributed by atoms with E-state index in [1.165, 1.54) is 23.1 Å². The Kier molecular flexibility index (Phi) is 5.45. The molecule has 110 valence electrons. The molecular formula is C15H14FNO3S. The minimum atomic E-state index is -0.846. The molecule has 0 atom stereocenters. The van der Waals surface area contributed by atoms with Crippen molar-refractivity contribution in [2.24, 2.45) is 0 Å². The number of esters is 1. The highest BCUT2D eigenvalue weighted by Crippen LogP contribution is 2.08. The fraction of sp³-hybridized carbons (Fsp3) is 0.200. The number of hydrogen-bond acceptors (Lipinski definition) is 4. The molecule has 0 saturated carbocycles. The van der Waals surface area contributed by atoms with Crippen molar-refractivity contribution in [2.75, 3.05) is 13.2 Å². The fourth-order valence-corrected chi connectivity index (χ4v) is 2.38. The Morgan fingerprint density at radius 2 is 2.00 bits per heavy atom. The molecule has 0 aliphatic heterocycles. The van der Waals surface area contributed by atoms with Crippen molar-refractivity contribution < 1.29 is 18.7 Å². The van der Waals surface area contributed by atoms with Crippen LogP contribution in [0.15, 0.2) is 41.8 Å². The molecule has 1 heterocycles. The quantitative estimate of drug-likeness (QED) is 0.834. The van der Waals surface area contributed by atoms with Gasteiger partial charge in [0.15, 0.2) is 6.61 Å². The van der Waals surface area contributed by atoms with Crippen LogP contribution in [0.25, 0.3) is 0 Å². The van der Waals surface area contributed by atoms with Crippen LogP contribution in [-0.2, 0) is 16.0 Å². The molecule has 1 aromatic heterocycles. The molecule has 21 heavy (non-hydrogen) atoms. The van der Waals surface area contributed by atoms with E-state index in [0.29, 0.717) is 6.54 Å². The monoisotopic (exact) mass is 307 g/mol. The van der Waals surface area contributed by atoms with Crippen LogP contribution in [0.5, 0.6) is 0 Å². The largest absolute Gasteiger partial charge is 0.452 e. The molecule has 0 aliphatic carbocycles. The Morgan fingerprint density at radius 1 is 1.19 bits per heavy atom. The van der Waals surface area contributed by atoms with Gasteiger partial charge in [0.1, 0.15) is 5.82 Å². The van der Waals surface area contributed by atoms with Crippen molar-refractivity contribution in [3.8, 4) is 0 Å². The number of amides is 1. The van der Waals surface area contributed by atoms with Crippen LogP contribution in [0.1, 0.15) is 15.2 Å². The van der Waals surface area contributed by atoms with Crippen LogP contribution in [0.3, 0.4) is 0 Å². The Labute approximate surface area is 125 Å². The molecule has 2 aromatic rings. The maximum absolute atomic E-state index is 13.3. The van der Waals surface area contributed by atoms with Crippen molar-refractivity contribution in [3.05, 3.63) is 58.0 Å². The molecule has 1 N–H and O–H groups in total. The van der Waals surface area contributed by atoms with Gasteiger partial charge in [0, 0.05) is 11.4 Å². The number of benzene rings is 1. The Morgan fingerprint density at radius 3 is 2.71 bits per heavy atom. The van der Waals surface area contributed by atoms with E-state index in [4.69, 9.17) is 4.74 Å². The molecule has 0 radical (unpaired) electrons. The number of hydrogen-bond donors (Lipinski definition) is 1. The van der Waals surface area contributed by atoms with Crippen LogP contribution in [0, 0.1) is 5.82 Å². The standard InChI is InChI=1S/C15H14FNO3S/c16-13-6-2-1-5-12(13)15(19)20-10-14(18)17-8-7-11-4-3-9-21-11/h1-6,9H,7-8,10H2,(H,17,18). The second-order valence-electron chi connectivity index (χ2n) is 4.24. The lowest BCUT2D eigenvalue weighted by Gasteiger charge is -2.06. The first kappa shape index (κ1) is 15.2. The summed E-state index contributed by atoms with van der Waals surface area (Å²) in [5.74, 6) is -1.92. The predicted molar refractivity (Wildman–Crippen MR) is 77.7 cm³/mol. The summed E-state index contributed by atoms with van der Waals surface area (Å²) in [5, 5.41) is 4.60. The van der Waals surface area contributed by atoms with Gasteiger partial charge in [-0.3, -0.25) is 4.79 Å². The third-order valence-electron chi connectivity index (χ3n) is 2.70. The zero-order chi connectivity index (χ0) is 15.1. The maximum Gasteiger partial charge on any atom is 0.341 e. The van der Waals surface area contributed by atoms with E-state index in [-0.39, 0.29) is 5.56 Å². The van der Waals surface area contributed by atoms with Gasteiger partial charge in [-0.1, -0.05) is 18.2 Å². The van der Waals surface area contributed by atoms with Crippen molar-refractivity contribution in [3.63, 3.8) is 0 Å². The Balaban J connectivity index is 1.71. The van der Waals surface area contributed by atoms with Gasteiger partial charge in [0.2, 0.25) is 0 Å². The second-order valence-corrected chi connectivity index (χ2v) is 5.27. The molecule has 0 unspecified atom stereocenters. The first-order valence-corrected chi connectivity index (χ1v) is 7.25. The Bertz CT molecular complexity index is 613. The van der Waals surface area contributed by atoms with E-state index in [1.807, 2.05) is 17.5 Å². The van der Waals surface area contributed by atoms with Gasteiger partial charge < -0.3 is 10.1 Å². The molecule has 1 amide bonds. The molecule has 0 spiro atoms. The lowest BCUT2D eigenvalue weighted by molar-refractivity contribution is -0.124. The van der Waals surface area contributed by atoms with Gasteiger partial charge in [-0.2, -0.15) is 0 Å². The van der Waals surface area contributed by atoms with Gasteiger partial charge in [-0.15, -0.1) is 11.3 Å². The van der Waals surface area contributed by atoms with Crippen molar-refractivity contribution in [1.29, 1.82) is 0 Å². The zero-order valence-electron chi connectivity index (χ0n) is 11.2. The smallest absolute Gasteiger partial charge is 0.341 e. The number of carbonyl (C=O) groups is 2. The third-order valence-corrected chi connectivity index (χ3v) is 3.64. The average molecular weight is 307 g/mol. The summed E-state index contributed by atoms with van der Waals surface area (Å²) in [6.07, 6.45) is 0.727. The summed E-state index contributed by atoms with van der Waals surface area (Å²) in [5.41, 5.74) is -0.177. The lowest BCUT2D eigenvalue weighted by Crippen LogP contribution is -2.30. The maximum atomic E-state index is 13.3. The number of carbonyl (C=O) groups excluding carboxylic acids is 2. The lowest BCUT2D eigenvalue weighted by atomic mass is 10.2. The van der Waals surface area contributed by atoms with Crippen LogP contribution in [0.4, 0.5) is 4.39 Å². The number of thiophene rings is 1. The minimum absolute atomic E-state index is 0.177. The van der Waals surface area contributed by atoms with E-state index < -0.39 is 24.3 Å². The highest BCUT2D eigenvalue weighted by atomic mass is 32.1. The fourth-order valence-electron chi connectivity index (χ4n) is 1.67. The highest BCUT2D eigenvalue weighted by Gasteiger charge is 2.13. The number of rotatable bonds is 6. The predicted octanol–water partition coefficient (Wildman–Crippen LogP) is 2.40. The summed E-state index contributed by atoms with van der Waals surface area (Å²) >= 11 is 1.61. The van der Waals surface area contributed by atoms with E-state index in [1.54, 1.807) is 11.3 Å². The van der Waals surface area contributed by atoms with E-state index >= 15 is 0 Å². The minimum Gasteiger partial charge on any atom is -0.452 e. The van der Waals surface area contributed by atoms with E-state index in [2.05, 4.69) is 5.32 Å². The van der Waals surface area contributed by atoms with E-state index in [0.717, 1.165) is 12.5 Å². The normalized spacial score (nSPS) is 10.1. The molecule has 2 rings (SSSR count). The second kappa shape index (κ2) is 7.54. The van der Waals surface area contributed by atoms with Crippen LogP contribution < -0.4 is 5.32 Å². The molecule has 1 aromatic carbocycles. The summed E-state index contributed by atoms with van der Waals surface area (Å²) in [4.78, 5) is 24.3. The molecule has 0 saturated heterocycles. The molecule has 6 heteroatoms. The van der Waals surface area contributed by atoms with Crippen molar-refractivity contribution in [1.82, 2.24) is 5.32 Å². The van der Waals surface area contributed by atoms with Gasteiger partial charge in [-0.05, 0) is 30.0 Å². The number of nitrogens with one attached hydrogen (secondary N) is 1.